The van der Waals surface area contributed by atoms with Gasteiger partial charge in [-0.05, 0) is 6.92 Å². The summed E-state index contributed by atoms with van der Waals surface area (Å²) in [7, 11) is 0. The Bertz CT molecular complexity index is 603. The minimum Gasteiger partial charge on any atom is -0.461 e. The Morgan fingerprint density at radius 3 is 3.06 bits per heavy atom. The molecular formula is C8H7N3O4S. The summed E-state index contributed by atoms with van der Waals surface area (Å²) in [6.45, 7) is 1.87. The fraction of sp³-hybridized carbons (Fsp3) is 0.250. The summed E-state index contributed by atoms with van der Waals surface area (Å²) in [5, 5.41) is 3.56. The van der Waals surface area contributed by atoms with E-state index in [9.17, 15) is 9.59 Å². The summed E-state index contributed by atoms with van der Waals surface area (Å²) in [4.78, 5) is 26.5. The molecule has 2 N–H and O–H groups in total. The number of aromatic nitrogens is 2. The highest BCUT2D eigenvalue weighted by Gasteiger charge is 2.20. The SMILES string of the molecule is CCOC(=O)c1noc(=O)c2nc(N)sc12. The molecule has 2 rings (SSSR count). The molecule has 0 aliphatic rings. The maximum Gasteiger partial charge on any atom is 0.385 e. The zero-order valence-corrected chi connectivity index (χ0v) is 9.04. The van der Waals surface area contributed by atoms with Gasteiger partial charge in [-0.25, -0.2) is 14.6 Å². The van der Waals surface area contributed by atoms with Gasteiger partial charge < -0.3 is 15.0 Å². The van der Waals surface area contributed by atoms with Gasteiger partial charge in [-0.2, -0.15) is 0 Å². The predicted molar refractivity (Wildman–Crippen MR) is 56.3 cm³/mol. The number of ether oxygens (including phenoxy) is 1. The van der Waals surface area contributed by atoms with E-state index in [1.165, 1.54) is 0 Å². The summed E-state index contributed by atoms with van der Waals surface area (Å²) in [5.41, 5.74) is 4.65. The Morgan fingerprint density at radius 2 is 2.38 bits per heavy atom. The number of anilines is 1. The molecule has 0 bridgehead atoms. The lowest BCUT2D eigenvalue weighted by Gasteiger charge is -1.98. The molecule has 0 amide bonds. The van der Waals surface area contributed by atoms with E-state index >= 15 is 0 Å². The topological polar surface area (TPSA) is 108 Å². The largest absolute Gasteiger partial charge is 0.461 e. The maximum atomic E-state index is 11.5. The number of nitrogen functional groups attached to an aromatic ring is 1. The van der Waals surface area contributed by atoms with Crippen molar-refractivity contribution in [3.8, 4) is 0 Å². The Hall–Kier alpha value is -1.96. The number of esters is 1. The van der Waals surface area contributed by atoms with E-state index in [0.717, 1.165) is 11.3 Å². The van der Waals surface area contributed by atoms with Crippen molar-refractivity contribution in [1.29, 1.82) is 0 Å². The zero-order chi connectivity index (χ0) is 11.7. The third-order valence-electron chi connectivity index (χ3n) is 1.74. The smallest absolute Gasteiger partial charge is 0.385 e. The lowest BCUT2D eigenvalue weighted by atomic mass is 10.4. The molecule has 0 unspecified atom stereocenters. The van der Waals surface area contributed by atoms with Gasteiger partial charge in [0.1, 0.15) is 4.70 Å². The lowest BCUT2D eigenvalue weighted by Crippen LogP contribution is -2.11. The van der Waals surface area contributed by atoms with E-state index in [1.807, 2.05) is 0 Å². The average molecular weight is 241 g/mol. The number of nitrogens with two attached hydrogens (primary N) is 1. The predicted octanol–water partition coefficient (Wildman–Crippen LogP) is 0.403. The molecule has 0 saturated carbocycles. The van der Waals surface area contributed by atoms with Crippen LogP contribution in [-0.2, 0) is 4.74 Å². The molecule has 0 radical (unpaired) electrons. The van der Waals surface area contributed by atoms with Crippen LogP contribution in [0.4, 0.5) is 5.13 Å². The van der Waals surface area contributed by atoms with E-state index in [-0.39, 0.29) is 27.6 Å². The Kier molecular flexibility index (Phi) is 2.57. The standard InChI is InChI=1S/C8H7N3O4S/c1-2-14-6(12)4-5-3(7(13)15-11-4)10-8(9)16-5/h2H2,1H3,(H2,9,10). The summed E-state index contributed by atoms with van der Waals surface area (Å²) < 4.78 is 9.48. The Morgan fingerprint density at radius 1 is 1.62 bits per heavy atom. The zero-order valence-electron chi connectivity index (χ0n) is 8.22. The van der Waals surface area contributed by atoms with Gasteiger partial charge >= 0.3 is 11.6 Å². The molecule has 16 heavy (non-hydrogen) atoms. The highest BCUT2D eigenvalue weighted by Crippen LogP contribution is 2.23. The molecule has 2 aromatic rings. The van der Waals surface area contributed by atoms with E-state index in [2.05, 4.69) is 14.7 Å². The number of hydrogen-bond donors (Lipinski definition) is 1. The minimum atomic E-state index is -0.726. The second kappa shape index (κ2) is 3.89. The van der Waals surface area contributed by atoms with E-state index < -0.39 is 11.6 Å². The first-order chi connectivity index (χ1) is 7.63. The van der Waals surface area contributed by atoms with Crippen molar-refractivity contribution in [2.45, 2.75) is 6.92 Å². The molecule has 0 aromatic carbocycles. The number of hydrogen-bond acceptors (Lipinski definition) is 8. The molecule has 84 valence electrons. The summed E-state index contributed by atoms with van der Waals surface area (Å²) >= 11 is 0.990. The van der Waals surface area contributed by atoms with Crippen LogP contribution < -0.4 is 11.4 Å². The van der Waals surface area contributed by atoms with E-state index in [1.54, 1.807) is 6.92 Å². The van der Waals surface area contributed by atoms with Crippen LogP contribution in [0.5, 0.6) is 0 Å². The number of fused-ring (bicyclic) bond motifs is 1. The maximum absolute atomic E-state index is 11.5. The molecule has 0 fully saturated rings. The Balaban J connectivity index is 2.67. The molecule has 7 nitrogen and oxygen atoms in total. The van der Waals surface area contributed by atoms with Crippen molar-refractivity contribution in [1.82, 2.24) is 10.1 Å². The normalized spacial score (nSPS) is 10.6. The third-order valence-corrected chi connectivity index (χ3v) is 2.63. The summed E-state index contributed by atoms with van der Waals surface area (Å²) in [5.74, 6) is -0.667. The lowest BCUT2D eigenvalue weighted by molar-refractivity contribution is 0.0512. The minimum absolute atomic E-state index is 0.000512. The van der Waals surface area contributed by atoms with Gasteiger partial charge in [0, 0.05) is 0 Å². The van der Waals surface area contributed by atoms with Crippen LogP contribution in [0.2, 0.25) is 0 Å². The fourth-order valence-electron chi connectivity index (χ4n) is 1.14. The van der Waals surface area contributed by atoms with Gasteiger partial charge in [0.15, 0.2) is 10.6 Å². The fourth-order valence-corrected chi connectivity index (χ4v) is 1.93. The van der Waals surface area contributed by atoms with Gasteiger partial charge in [-0.3, -0.25) is 0 Å². The summed E-state index contributed by atoms with van der Waals surface area (Å²) in [6.07, 6.45) is 0. The van der Waals surface area contributed by atoms with Crippen LogP contribution >= 0.6 is 11.3 Å². The van der Waals surface area contributed by atoms with Crippen LogP contribution in [0.1, 0.15) is 17.4 Å². The molecule has 8 heteroatoms. The molecule has 2 heterocycles. The van der Waals surface area contributed by atoms with Crippen LogP contribution in [0.3, 0.4) is 0 Å². The molecule has 2 aromatic heterocycles. The molecule has 0 atom stereocenters. The third kappa shape index (κ3) is 1.63. The van der Waals surface area contributed by atoms with Gasteiger partial charge in [-0.15, -0.1) is 0 Å². The van der Waals surface area contributed by atoms with Crippen molar-refractivity contribution < 1.29 is 14.1 Å². The molecule has 0 saturated heterocycles. The number of nitrogens with zero attached hydrogens (tertiary/aromatic N) is 2. The van der Waals surface area contributed by atoms with Gasteiger partial charge in [-0.1, -0.05) is 16.5 Å². The molecule has 0 aliphatic heterocycles. The second-order valence-electron chi connectivity index (χ2n) is 2.77. The first kappa shape index (κ1) is 10.6. The van der Waals surface area contributed by atoms with Gasteiger partial charge in [0.05, 0.1) is 6.61 Å². The summed E-state index contributed by atoms with van der Waals surface area (Å²) in [6, 6.07) is 0. The number of rotatable bonds is 2. The van der Waals surface area contributed by atoms with Crippen molar-refractivity contribution in [2.24, 2.45) is 0 Å². The van der Waals surface area contributed by atoms with Gasteiger partial charge in [0.2, 0.25) is 5.69 Å². The molecule has 0 aliphatic carbocycles. The molecular weight excluding hydrogens is 234 g/mol. The first-order valence-electron chi connectivity index (χ1n) is 4.36. The second-order valence-corrected chi connectivity index (χ2v) is 3.80. The number of thiazole rings is 1. The van der Waals surface area contributed by atoms with Crippen molar-refractivity contribution in [3.63, 3.8) is 0 Å². The molecule has 0 spiro atoms. The van der Waals surface area contributed by atoms with Crippen LogP contribution in [-0.4, -0.2) is 22.7 Å². The van der Waals surface area contributed by atoms with Gasteiger partial charge in [0.25, 0.3) is 0 Å². The number of carbonyl (C=O) groups excluding carboxylic acids is 1. The quantitative estimate of drug-likeness (QED) is 0.758. The van der Waals surface area contributed by atoms with Crippen LogP contribution in [0.25, 0.3) is 10.2 Å². The Labute approximate surface area is 92.8 Å². The van der Waals surface area contributed by atoms with Crippen LogP contribution in [0.15, 0.2) is 9.32 Å². The van der Waals surface area contributed by atoms with Crippen LogP contribution in [0, 0.1) is 0 Å². The highest BCUT2D eigenvalue weighted by atomic mass is 32.1. The van der Waals surface area contributed by atoms with Crippen molar-refractivity contribution in [2.75, 3.05) is 12.3 Å². The first-order valence-corrected chi connectivity index (χ1v) is 5.18. The van der Waals surface area contributed by atoms with Crippen molar-refractivity contribution in [3.05, 3.63) is 16.1 Å². The average Bonchev–Trinajstić information content (AvgIpc) is 2.61. The van der Waals surface area contributed by atoms with E-state index in [4.69, 9.17) is 10.5 Å². The monoisotopic (exact) mass is 241 g/mol. The van der Waals surface area contributed by atoms with Crippen molar-refractivity contribution >= 4 is 32.7 Å². The van der Waals surface area contributed by atoms with E-state index in [0.29, 0.717) is 0 Å². The highest BCUT2D eigenvalue weighted by molar-refractivity contribution is 7.22. The number of carbonyl (C=O) groups is 1.